The van der Waals surface area contributed by atoms with Crippen LogP contribution < -0.4 is 10.6 Å². The Bertz CT molecular complexity index is 484. The summed E-state index contributed by atoms with van der Waals surface area (Å²) in [5.74, 6) is 0.0736. The first-order valence-corrected chi connectivity index (χ1v) is 6.72. The Labute approximate surface area is 117 Å². The number of nitro groups is 1. The van der Waals surface area contributed by atoms with Crippen molar-refractivity contribution < 1.29 is 9.72 Å². The van der Waals surface area contributed by atoms with E-state index in [1.165, 1.54) is 4.68 Å². The number of nitrogens with zero attached hydrogens (tertiary/aromatic N) is 3. The van der Waals surface area contributed by atoms with Gasteiger partial charge in [0.25, 0.3) is 0 Å². The Morgan fingerprint density at radius 2 is 2.10 bits per heavy atom. The Morgan fingerprint density at radius 1 is 1.40 bits per heavy atom. The van der Waals surface area contributed by atoms with Gasteiger partial charge in [-0.05, 0) is 12.8 Å². The van der Waals surface area contributed by atoms with Gasteiger partial charge in [-0.2, -0.15) is 5.10 Å². The monoisotopic (exact) mass is 283 g/mol. The zero-order chi connectivity index (χ0) is 15.1. The fraction of sp³-hybridized carbons (Fsp3) is 0.667. The summed E-state index contributed by atoms with van der Waals surface area (Å²) in [4.78, 5) is 22.2. The van der Waals surface area contributed by atoms with Crippen LogP contribution >= 0.6 is 0 Å². The molecule has 0 aliphatic heterocycles. The molecule has 8 heteroatoms. The summed E-state index contributed by atoms with van der Waals surface area (Å²) < 4.78 is 1.41. The summed E-state index contributed by atoms with van der Waals surface area (Å²) in [5, 5.41) is 20.8. The van der Waals surface area contributed by atoms with Crippen LogP contribution in [0, 0.1) is 10.1 Å². The molecule has 0 unspecified atom stereocenters. The molecule has 0 fully saturated rings. The van der Waals surface area contributed by atoms with E-state index in [-0.39, 0.29) is 24.0 Å². The number of hydrogen-bond donors (Lipinski definition) is 2. The first-order chi connectivity index (χ1) is 9.51. The van der Waals surface area contributed by atoms with Gasteiger partial charge >= 0.3 is 5.69 Å². The number of aryl methyl sites for hydroxylation is 2. The Balaban J connectivity index is 2.83. The standard InChI is InChI=1S/C12H21N5O3/c1-4-6-9-11(17(19)20)12(16(3)15-9)14-8-10(18)13-7-5-2/h14H,4-8H2,1-3H3,(H,13,18). The van der Waals surface area contributed by atoms with E-state index in [1.54, 1.807) is 7.05 Å². The van der Waals surface area contributed by atoms with Gasteiger partial charge in [0.1, 0.15) is 5.69 Å². The van der Waals surface area contributed by atoms with Crippen molar-refractivity contribution in [3.05, 3.63) is 15.8 Å². The zero-order valence-corrected chi connectivity index (χ0v) is 12.1. The molecule has 1 heterocycles. The molecule has 2 N–H and O–H groups in total. The fourth-order valence-corrected chi connectivity index (χ4v) is 1.85. The molecule has 0 saturated heterocycles. The minimum absolute atomic E-state index is 0.00800. The molecule has 1 rings (SSSR count). The lowest BCUT2D eigenvalue weighted by atomic mass is 10.2. The zero-order valence-electron chi connectivity index (χ0n) is 12.1. The van der Waals surface area contributed by atoms with Crippen molar-refractivity contribution in [2.45, 2.75) is 33.1 Å². The highest BCUT2D eigenvalue weighted by Gasteiger charge is 2.26. The Morgan fingerprint density at radius 3 is 2.65 bits per heavy atom. The molecule has 8 nitrogen and oxygen atoms in total. The van der Waals surface area contributed by atoms with Gasteiger partial charge in [0.2, 0.25) is 11.7 Å². The minimum Gasteiger partial charge on any atom is -0.355 e. The van der Waals surface area contributed by atoms with E-state index in [4.69, 9.17) is 0 Å². The molecule has 1 aromatic heterocycles. The summed E-state index contributed by atoms with van der Waals surface area (Å²) in [6.45, 7) is 4.47. The molecule has 0 bridgehead atoms. The second kappa shape index (κ2) is 7.46. The Kier molecular flexibility index (Phi) is 5.95. The van der Waals surface area contributed by atoms with Crippen LogP contribution in [0.25, 0.3) is 0 Å². The van der Waals surface area contributed by atoms with E-state index in [0.29, 0.717) is 18.7 Å². The highest BCUT2D eigenvalue weighted by atomic mass is 16.6. The maximum atomic E-state index is 11.5. The average molecular weight is 283 g/mol. The quantitative estimate of drug-likeness (QED) is 0.551. The van der Waals surface area contributed by atoms with Crippen molar-refractivity contribution in [3.63, 3.8) is 0 Å². The SMILES string of the molecule is CCCNC(=O)CNc1c([N+](=O)[O-])c(CCC)nn1C. The number of carbonyl (C=O) groups is 1. The number of nitrogens with one attached hydrogen (secondary N) is 2. The number of carbonyl (C=O) groups excluding carboxylic acids is 1. The molecule has 112 valence electrons. The van der Waals surface area contributed by atoms with Gasteiger partial charge in [-0.25, -0.2) is 4.68 Å². The predicted octanol–water partition coefficient (Wildman–Crippen LogP) is 1.22. The molecule has 1 aromatic rings. The lowest BCUT2D eigenvalue weighted by Crippen LogP contribution is -2.30. The molecule has 1 amide bonds. The molecule has 0 radical (unpaired) electrons. The molecule has 0 saturated carbocycles. The third kappa shape index (κ3) is 3.94. The maximum absolute atomic E-state index is 11.5. The van der Waals surface area contributed by atoms with Crippen LogP contribution in [-0.2, 0) is 18.3 Å². The van der Waals surface area contributed by atoms with Gasteiger partial charge in [0, 0.05) is 13.6 Å². The highest BCUT2D eigenvalue weighted by Crippen LogP contribution is 2.28. The van der Waals surface area contributed by atoms with Crippen LogP contribution in [0.2, 0.25) is 0 Å². The largest absolute Gasteiger partial charge is 0.355 e. The molecular weight excluding hydrogens is 262 g/mol. The third-order valence-electron chi connectivity index (χ3n) is 2.75. The van der Waals surface area contributed by atoms with Crippen LogP contribution in [0.5, 0.6) is 0 Å². The first-order valence-electron chi connectivity index (χ1n) is 6.72. The summed E-state index contributed by atoms with van der Waals surface area (Å²) in [6.07, 6.45) is 2.15. The Hall–Kier alpha value is -2.12. The molecule has 0 aliphatic rings. The van der Waals surface area contributed by atoms with Crippen molar-refractivity contribution in [1.82, 2.24) is 15.1 Å². The van der Waals surface area contributed by atoms with Crippen LogP contribution in [-0.4, -0.2) is 33.7 Å². The van der Waals surface area contributed by atoms with Gasteiger partial charge in [-0.1, -0.05) is 20.3 Å². The normalized spacial score (nSPS) is 10.3. The highest BCUT2D eigenvalue weighted by molar-refractivity contribution is 5.81. The number of aromatic nitrogens is 2. The van der Waals surface area contributed by atoms with Crippen molar-refractivity contribution >= 4 is 17.4 Å². The van der Waals surface area contributed by atoms with E-state index >= 15 is 0 Å². The summed E-state index contributed by atoms with van der Waals surface area (Å²) in [5.41, 5.74) is 0.397. The van der Waals surface area contributed by atoms with Gasteiger partial charge in [0.15, 0.2) is 0 Å². The maximum Gasteiger partial charge on any atom is 0.334 e. The summed E-state index contributed by atoms with van der Waals surface area (Å²) in [6, 6.07) is 0. The molecular formula is C12H21N5O3. The molecule has 0 aromatic carbocycles. The minimum atomic E-state index is -0.454. The van der Waals surface area contributed by atoms with E-state index in [2.05, 4.69) is 15.7 Å². The summed E-state index contributed by atoms with van der Waals surface area (Å²) >= 11 is 0. The van der Waals surface area contributed by atoms with Crippen molar-refractivity contribution in [3.8, 4) is 0 Å². The lowest BCUT2D eigenvalue weighted by molar-refractivity contribution is -0.384. The van der Waals surface area contributed by atoms with Crippen LogP contribution in [0.3, 0.4) is 0 Å². The summed E-state index contributed by atoms with van der Waals surface area (Å²) in [7, 11) is 1.62. The first kappa shape index (κ1) is 15.9. The molecule has 0 spiro atoms. The number of anilines is 1. The van der Waals surface area contributed by atoms with E-state index in [0.717, 1.165) is 12.8 Å². The second-order valence-electron chi connectivity index (χ2n) is 4.48. The van der Waals surface area contributed by atoms with Crippen LogP contribution in [0.4, 0.5) is 11.5 Å². The molecule has 0 aliphatic carbocycles. The van der Waals surface area contributed by atoms with E-state index in [9.17, 15) is 14.9 Å². The van der Waals surface area contributed by atoms with Gasteiger partial charge < -0.3 is 10.6 Å². The fourth-order valence-electron chi connectivity index (χ4n) is 1.85. The number of rotatable bonds is 8. The van der Waals surface area contributed by atoms with Crippen molar-refractivity contribution in [2.75, 3.05) is 18.4 Å². The number of amides is 1. The average Bonchev–Trinajstić information content (AvgIpc) is 2.70. The lowest BCUT2D eigenvalue weighted by Gasteiger charge is -2.06. The van der Waals surface area contributed by atoms with Gasteiger partial charge in [-0.3, -0.25) is 14.9 Å². The smallest absolute Gasteiger partial charge is 0.334 e. The van der Waals surface area contributed by atoms with Gasteiger partial charge in [0.05, 0.1) is 11.5 Å². The van der Waals surface area contributed by atoms with Crippen molar-refractivity contribution in [1.29, 1.82) is 0 Å². The number of hydrogen-bond acceptors (Lipinski definition) is 5. The predicted molar refractivity (Wildman–Crippen MR) is 75.6 cm³/mol. The van der Waals surface area contributed by atoms with Crippen LogP contribution in [0.1, 0.15) is 32.4 Å². The van der Waals surface area contributed by atoms with Gasteiger partial charge in [-0.15, -0.1) is 0 Å². The second-order valence-corrected chi connectivity index (χ2v) is 4.48. The van der Waals surface area contributed by atoms with Crippen molar-refractivity contribution in [2.24, 2.45) is 7.05 Å². The van der Waals surface area contributed by atoms with Crippen LogP contribution in [0.15, 0.2) is 0 Å². The topological polar surface area (TPSA) is 102 Å². The molecule has 0 atom stereocenters. The molecule has 20 heavy (non-hydrogen) atoms. The van der Waals surface area contributed by atoms with E-state index < -0.39 is 4.92 Å². The van der Waals surface area contributed by atoms with E-state index in [1.807, 2.05) is 13.8 Å². The third-order valence-corrected chi connectivity index (χ3v) is 2.75.